The lowest BCUT2D eigenvalue weighted by Gasteiger charge is -2.43. The van der Waals surface area contributed by atoms with Crippen LogP contribution in [0.15, 0.2) is 42.7 Å². The molecule has 112 valence electrons. The molecule has 1 saturated carbocycles. The number of aromatic nitrogens is 2. The zero-order valence-electron chi connectivity index (χ0n) is 12.0. The van der Waals surface area contributed by atoms with Crippen LogP contribution in [0.2, 0.25) is 0 Å². The van der Waals surface area contributed by atoms with Gasteiger partial charge in [0.1, 0.15) is 5.82 Å². The quantitative estimate of drug-likeness (QED) is 0.884. The topological polar surface area (TPSA) is 50.1 Å². The Hall–Kier alpha value is -1.72. The first-order valence-electron chi connectivity index (χ1n) is 7.32. The van der Waals surface area contributed by atoms with Gasteiger partial charge in [0.05, 0.1) is 12.1 Å². The molecule has 1 fully saturated rings. The van der Waals surface area contributed by atoms with Crippen LogP contribution < -0.4 is 5.32 Å². The molecule has 1 aliphatic carbocycles. The lowest BCUT2D eigenvalue weighted by atomic mass is 9.82. The number of benzene rings is 1. The van der Waals surface area contributed by atoms with Gasteiger partial charge in [-0.15, -0.1) is 0 Å². The van der Waals surface area contributed by atoms with Crippen LogP contribution in [-0.2, 0) is 6.42 Å². The van der Waals surface area contributed by atoms with E-state index in [1.165, 1.54) is 6.07 Å². The summed E-state index contributed by atoms with van der Waals surface area (Å²) in [4.78, 5) is 0. The predicted molar refractivity (Wildman–Crippen MR) is 78.4 cm³/mol. The molecule has 4 atom stereocenters. The summed E-state index contributed by atoms with van der Waals surface area (Å²) < 4.78 is 15.5. The third-order valence-electron chi connectivity index (χ3n) is 4.11. The molecular formula is C16H20FN3O. The summed E-state index contributed by atoms with van der Waals surface area (Å²) in [5.41, 5.74) is 0.716. The van der Waals surface area contributed by atoms with Crippen LogP contribution in [0.3, 0.4) is 0 Å². The van der Waals surface area contributed by atoms with Crippen molar-refractivity contribution in [3.8, 4) is 0 Å². The summed E-state index contributed by atoms with van der Waals surface area (Å²) >= 11 is 0. The predicted octanol–water partition coefficient (Wildman–Crippen LogP) is 1.92. The van der Waals surface area contributed by atoms with Gasteiger partial charge in [0.2, 0.25) is 0 Å². The molecule has 1 aromatic carbocycles. The molecule has 1 unspecified atom stereocenters. The number of halogens is 1. The van der Waals surface area contributed by atoms with Gasteiger partial charge < -0.3 is 10.4 Å². The van der Waals surface area contributed by atoms with Crippen molar-refractivity contribution >= 4 is 0 Å². The fourth-order valence-corrected chi connectivity index (χ4v) is 3.01. The lowest BCUT2D eigenvalue weighted by molar-refractivity contribution is -0.0109. The zero-order valence-corrected chi connectivity index (χ0v) is 12.0. The minimum Gasteiger partial charge on any atom is -0.391 e. The lowest BCUT2D eigenvalue weighted by Crippen LogP contribution is -2.57. The Morgan fingerprint density at radius 1 is 1.43 bits per heavy atom. The van der Waals surface area contributed by atoms with Crippen molar-refractivity contribution in [3.05, 3.63) is 54.1 Å². The molecule has 0 saturated heterocycles. The molecule has 0 bridgehead atoms. The van der Waals surface area contributed by atoms with E-state index in [2.05, 4.69) is 10.4 Å². The fraction of sp³-hybridized carbons (Fsp3) is 0.438. The van der Waals surface area contributed by atoms with Gasteiger partial charge in [0.25, 0.3) is 0 Å². The largest absolute Gasteiger partial charge is 0.391 e. The molecule has 1 aliphatic rings. The highest BCUT2D eigenvalue weighted by molar-refractivity contribution is 5.18. The van der Waals surface area contributed by atoms with E-state index in [4.69, 9.17) is 0 Å². The van der Waals surface area contributed by atoms with Gasteiger partial charge in [0, 0.05) is 24.5 Å². The van der Waals surface area contributed by atoms with Crippen LogP contribution in [0.25, 0.3) is 0 Å². The summed E-state index contributed by atoms with van der Waals surface area (Å²) in [7, 11) is 0. The molecule has 5 heteroatoms. The number of hydrogen-bond donors (Lipinski definition) is 2. The van der Waals surface area contributed by atoms with Gasteiger partial charge in [-0.1, -0.05) is 18.2 Å². The average Bonchev–Trinajstić information content (AvgIpc) is 2.94. The molecule has 2 aromatic rings. The Morgan fingerprint density at radius 3 is 2.90 bits per heavy atom. The standard InChI is InChI=1S/C16H20FN3O/c1-11(9-12-5-2-3-6-13(12)17)19-14-10-15(21)16(14)20-8-4-7-18-20/h2-8,11,14-16,19,21H,9-10H2,1H3/t11?,14-,15+,16+/m0/s1. The van der Waals surface area contributed by atoms with Crippen LogP contribution in [0, 0.1) is 5.82 Å². The summed E-state index contributed by atoms with van der Waals surface area (Å²) in [6.45, 7) is 2.04. The van der Waals surface area contributed by atoms with Crippen molar-refractivity contribution in [3.63, 3.8) is 0 Å². The second-order valence-electron chi connectivity index (χ2n) is 5.75. The zero-order chi connectivity index (χ0) is 14.8. The minimum absolute atomic E-state index is 0.0388. The molecule has 0 aliphatic heterocycles. The van der Waals surface area contributed by atoms with Gasteiger partial charge in [-0.05, 0) is 37.5 Å². The number of nitrogens with one attached hydrogen (secondary N) is 1. The van der Waals surface area contributed by atoms with Gasteiger partial charge in [-0.3, -0.25) is 4.68 Å². The highest BCUT2D eigenvalue weighted by atomic mass is 19.1. The van der Waals surface area contributed by atoms with E-state index >= 15 is 0 Å². The van der Waals surface area contributed by atoms with Crippen LogP contribution in [0.1, 0.15) is 24.9 Å². The summed E-state index contributed by atoms with van der Waals surface area (Å²) in [6.07, 6.45) is 4.54. The van der Waals surface area contributed by atoms with Crippen molar-refractivity contribution in [1.82, 2.24) is 15.1 Å². The van der Waals surface area contributed by atoms with E-state index in [1.54, 1.807) is 16.9 Å². The third-order valence-corrected chi connectivity index (χ3v) is 4.11. The van der Waals surface area contributed by atoms with E-state index in [0.29, 0.717) is 18.4 Å². The Kier molecular flexibility index (Phi) is 4.03. The third kappa shape index (κ3) is 2.99. The molecule has 2 N–H and O–H groups in total. The smallest absolute Gasteiger partial charge is 0.126 e. The molecule has 1 heterocycles. The fourth-order valence-electron chi connectivity index (χ4n) is 3.01. The monoisotopic (exact) mass is 289 g/mol. The number of rotatable bonds is 5. The Bertz CT molecular complexity index is 587. The average molecular weight is 289 g/mol. The number of hydrogen-bond acceptors (Lipinski definition) is 3. The van der Waals surface area contributed by atoms with Crippen molar-refractivity contribution < 1.29 is 9.50 Å². The van der Waals surface area contributed by atoms with Crippen molar-refractivity contribution in [1.29, 1.82) is 0 Å². The molecular weight excluding hydrogens is 269 g/mol. The van der Waals surface area contributed by atoms with Crippen LogP contribution in [0.4, 0.5) is 4.39 Å². The van der Waals surface area contributed by atoms with Crippen LogP contribution in [-0.4, -0.2) is 33.1 Å². The number of aliphatic hydroxyl groups excluding tert-OH is 1. The summed E-state index contributed by atoms with van der Waals surface area (Å²) in [5, 5.41) is 17.6. The summed E-state index contributed by atoms with van der Waals surface area (Å²) in [5.74, 6) is -0.163. The molecule has 0 spiro atoms. The number of nitrogens with zero attached hydrogens (tertiary/aromatic N) is 2. The first-order chi connectivity index (χ1) is 10.1. The van der Waals surface area contributed by atoms with E-state index in [0.717, 1.165) is 0 Å². The molecule has 0 radical (unpaired) electrons. The van der Waals surface area contributed by atoms with Crippen molar-refractivity contribution in [2.75, 3.05) is 0 Å². The SMILES string of the molecule is CC(Cc1ccccc1F)N[C@H]1C[C@@H](O)[C@@H]1n1cccn1. The Balaban J connectivity index is 1.60. The molecule has 0 amide bonds. The highest BCUT2D eigenvalue weighted by Crippen LogP contribution is 2.32. The number of aliphatic hydroxyl groups is 1. The van der Waals surface area contributed by atoms with Crippen molar-refractivity contribution in [2.45, 2.75) is 44.0 Å². The molecule has 4 nitrogen and oxygen atoms in total. The maximum absolute atomic E-state index is 13.7. The van der Waals surface area contributed by atoms with Gasteiger partial charge in [-0.25, -0.2) is 4.39 Å². The van der Waals surface area contributed by atoms with Crippen molar-refractivity contribution in [2.24, 2.45) is 0 Å². The van der Waals surface area contributed by atoms with E-state index in [9.17, 15) is 9.50 Å². The van der Waals surface area contributed by atoms with Gasteiger partial charge in [-0.2, -0.15) is 5.10 Å². The Morgan fingerprint density at radius 2 is 2.24 bits per heavy atom. The molecule has 21 heavy (non-hydrogen) atoms. The van der Waals surface area contributed by atoms with Gasteiger partial charge >= 0.3 is 0 Å². The summed E-state index contributed by atoms with van der Waals surface area (Å²) in [6, 6.07) is 8.97. The maximum Gasteiger partial charge on any atom is 0.126 e. The van der Waals surface area contributed by atoms with E-state index in [1.807, 2.05) is 31.3 Å². The molecule has 3 rings (SSSR count). The van der Waals surface area contributed by atoms with E-state index in [-0.39, 0.29) is 30.0 Å². The van der Waals surface area contributed by atoms with E-state index < -0.39 is 0 Å². The normalized spacial score (nSPS) is 26.3. The minimum atomic E-state index is -0.372. The van der Waals surface area contributed by atoms with Crippen LogP contribution in [0.5, 0.6) is 0 Å². The maximum atomic E-state index is 13.7. The second kappa shape index (κ2) is 5.95. The highest BCUT2D eigenvalue weighted by Gasteiger charge is 2.42. The van der Waals surface area contributed by atoms with Crippen LogP contribution >= 0.6 is 0 Å². The van der Waals surface area contributed by atoms with Gasteiger partial charge in [0.15, 0.2) is 0 Å². The first-order valence-corrected chi connectivity index (χ1v) is 7.32. The Labute approximate surface area is 123 Å². The first kappa shape index (κ1) is 14.2. The molecule has 1 aromatic heterocycles. The second-order valence-corrected chi connectivity index (χ2v) is 5.75.